The molecule has 4 N–H and O–H groups in total. The Balaban J connectivity index is 4.20. The van der Waals surface area contributed by atoms with Gasteiger partial charge in [0.1, 0.15) is 13.1 Å². The van der Waals surface area contributed by atoms with Crippen molar-refractivity contribution in [1.82, 2.24) is 10.2 Å². The third-order valence-corrected chi connectivity index (χ3v) is 1.54. The van der Waals surface area contributed by atoms with Crippen LogP contribution in [0.5, 0.6) is 0 Å². The van der Waals surface area contributed by atoms with Gasteiger partial charge in [-0.05, 0) is 0 Å². The molecule has 0 aromatic rings. The first-order valence-corrected chi connectivity index (χ1v) is 4.49. The van der Waals surface area contributed by atoms with Crippen molar-refractivity contribution in [2.24, 2.45) is 5.73 Å². The molecule has 0 aromatic heterocycles. The molecule has 0 unspecified atom stereocenters. The molecule has 8 heteroatoms. The number of ether oxygens (including phenoxy) is 1. The minimum absolute atomic E-state index is 0.226. The molecule has 0 rings (SSSR count). The van der Waals surface area contributed by atoms with Crippen LogP contribution in [0, 0.1) is 0 Å². The van der Waals surface area contributed by atoms with Crippen molar-refractivity contribution in [3.05, 3.63) is 0 Å². The van der Waals surface area contributed by atoms with E-state index in [4.69, 9.17) is 15.6 Å². The van der Waals surface area contributed by atoms with Crippen LogP contribution < -0.4 is 11.1 Å². The Morgan fingerprint density at radius 2 is 2.00 bits per heavy atom. The second kappa shape index (κ2) is 7.46. The molecule has 0 saturated heterocycles. The van der Waals surface area contributed by atoms with Gasteiger partial charge in [0.25, 0.3) is 0 Å². The van der Waals surface area contributed by atoms with Gasteiger partial charge >= 0.3 is 12.0 Å². The number of carboxylic acids is 1. The molecule has 8 nitrogen and oxygen atoms in total. The third-order valence-electron chi connectivity index (χ3n) is 1.54. The summed E-state index contributed by atoms with van der Waals surface area (Å²) in [5.74, 6) is -1.99. The minimum Gasteiger partial charge on any atom is -0.480 e. The van der Waals surface area contributed by atoms with Gasteiger partial charge in [-0.25, -0.2) is 4.79 Å². The number of nitrogens with one attached hydrogen (secondary N) is 1. The van der Waals surface area contributed by atoms with E-state index in [1.54, 1.807) is 0 Å². The zero-order valence-corrected chi connectivity index (χ0v) is 8.93. The fourth-order valence-electron chi connectivity index (χ4n) is 0.923. The molecule has 0 aliphatic heterocycles. The molecule has 0 aliphatic carbocycles. The Morgan fingerprint density at radius 1 is 1.38 bits per heavy atom. The van der Waals surface area contributed by atoms with Crippen LogP contribution in [0.25, 0.3) is 0 Å². The summed E-state index contributed by atoms with van der Waals surface area (Å²) >= 11 is 0. The summed E-state index contributed by atoms with van der Waals surface area (Å²) < 4.78 is 4.69. The van der Waals surface area contributed by atoms with Crippen LogP contribution in [0.3, 0.4) is 0 Å². The number of carbonyl (C=O) groups is 3. The molecule has 0 spiro atoms. The highest BCUT2D eigenvalue weighted by molar-refractivity contribution is 5.85. The zero-order chi connectivity index (χ0) is 12.6. The van der Waals surface area contributed by atoms with Crippen molar-refractivity contribution in [1.29, 1.82) is 0 Å². The van der Waals surface area contributed by atoms with Crippen LogP contribution in [0.1, 0.15) is 0 Å². The molecule has 0 heterocycles. The number of hydrogen-bond acceptors (Lipinski definition) is 4. The van der Waals surface area contributed by atoms with Crippen molar-refractivity contribution >= 4 is 17.9 Å². The van der Waals surface area contributed by atoms with Crippen molar-refractivity contribution in [2.45, 2.75) is 0 Å². The normalized spacial score (nSPS) is 9.56. The topological polar surface area (TPSA) is 122 Å². The van der Waals surface area contributed by atoms with Gasteiger partial charge in [-0.15, -0.1) is 0 Å². The summed E-state index contributed by atoms with van der Waals surface area (Å²) in [7, 11) is 1.46. The van der Waals surface area contributed by atoms with Gasteiger partial charge < -0.3 is 25.8 Å². The molecule has 0 aliphatic rings. The first kappa shape index (κ1) is 14.2. The fraction of sp³-hybridized carbons (Fsp3) is 0.625. The van der Waals surface area contributed by atoms with E-state index in [1.807, 2.05) is 0 Å². The van der Waals surface area contributed by atoms with E-state index in [9.17, 15) is 14.4 Å². The highest BCUT2D eigenvalue weighted by Gasteiger charge is 2.17. The van der Waals surface area contributed by atoms with Crippen LogP contribution in [0.2, 0.25) is 0 Å². The predicted octanol–water partition coefficient (Wildman–Crippen LogP) is -1.79. The highest BCUT2D eigenvalue weighted by atomic mass is 16.5. The van der Waals surface area contributed by atoms with Gasteiger partial charge in [-0.1, -0.05) is 0 Å². The second-order valence-corrected chi connectivity index (χ2v) is 2.94. The molecule has 0 bridgehead atoms. The number of urea groups is 1. The van der Waals surface area contributed by atoms with Crippen molar-refractivity contribution in [3.63, 3.8) is 0 Å². The number of hydrogen-bond donors (Lipinski definition) is 3. The molecule has 0 radical (unpaired) electrons. The largest absolute Gasteiger partial charge is 0.480 e. The van der Waals surface area contributed by atoms with Gasteiger partial charge in [0.2, 0.25) is 5.91 Å². The highest BCUT2D eigenvalue weighted by Crippen LogP contribution is 1.89. The average molecular weight is 233 g/mol. The molecule has 3 amide bonds. The number of methoxy groups -OCH3 is 1. The third kappa shape index (κ3) is 6.60. The van der Waals surface area contributed by atoms with E-state index < -0.39 is 31.0 Å². The summed E-state index contributed by atoms with van der Waals surface area (Å²) in [6.45, 7) is -0.500. The Bertz CT molecular complexity index is 252. The molecular weight excluding hydrogens is 218 g/mol. The van der Waals surface area contributed by atoms with Gasteiger partial charge in [-0.3, -0.25) is 9.59 Å². The number of carboxylic acid groups (broad SMARTS) is 1. The van der Waals surface area contributed by atoms with Crippen molar-refractivity contribution in [3.8, 4) is 0 Å². The first-order chi connectivity index (χ1) is 7.47. The van der Waals surface area contributed by atoms with E-state index in [1.165, 1.54) is 7.11 Å². The summed E-state index contributed by atoms with van der Waals surface area (Å²) in [4.78, 5) is 33.2. The van der Waals surface area contributed by atoms with Crippen molar-refractivity contribution < 1.29 is 24.2 Å². The molecule has 0 atom stereocenters. The molecule has 0 aromatic carbocycles. The van der Waals surface area contributed by atoms with Crippen molar-refractivity contribution in [2.75, 3.05) is 33.4 Å². The number of nitrogens with two attached hydrogens (primary N) is 1. The monoisotopic (exact) mass is 233 g/mol. The molecular formula is C8H15N3O5. The lowest BCUT2D eigenvalue weighted by Crippen LogP contribution is -2.47. The number of carbonyl (C=O) groups excluding carboxylic acids is 2. The standard InChI is InChI=1S/C8H15N3O5/c1-16-3-2-10-8(15)11(4-6(9)12)5-7(13)14/h2-5H2,1H3,(H2,9,12)(H,10,15)(H,13,14). The Kier molecular flexibility index (Phi) is 6.61. The van der Waals surface area contributed by atoms with Gasteiger partial charge in [0.15, 0.2) is 0 Å². The molecule has 16 heavy (non-hydrogen) atoms. The zero-order valence-electron chi connectivity index (χ0n) is 8.93. The average Bonchev–Trinajstić information content (AvgIpc) is 2.15. The molecule has 0 saturated carbocycles. The number of rotatable bonds is 7. The maximum Gasteiger partial charge on any atom is 0.323 e. The van der Waals surface area contributed by atoms with Gasteiger partial charge in [0.05, 0.1) is 6.61 Å². The lowest BCUT2D eigenvalue weighted by molar-refractivity contribution is -0.137. The summed E-state index contributed by atoms with van der Waals surface area (Å²) in [5.41, 5.74) is 4.88. The summed E-state index contributed by atoms with van der Waals surface area (Å²) in [6.07, 6.45) is 0. The summed E-state index contributed by atoms with van der Waals surface area (Å²) in [6, 6.07) is -0.668. The number of primary amides is 1. The number of amides is 3. The predicted molar refractivity (Wildman–Crippen MR) is 53.7 cm³/mol. The van der Waals surface area contributed by atoms with E-state index in [0.717, 1.165) is 4.90 Å². The van der Waals surface area contributed by atoms with E-state index in [2.05, 4.69) is 5.32 Å². The second-order valence-electron chi connectivity index (χ2n) is 2.94. The van der Waals surface area contributed by atoms with E-state index in [-0.39, 0.29) is 6.54 Å². The van der Waals surface area contributed by atoms with Crippen LogP contribution in [-0.4, -0.2) is 61.3 Å². The lowest BCUT2D eigenvalue weighted by Gasteiger charge is -2.19. The smallest absolute Gasteiger partial charge is 0.323 e. The van der Waals surface area contributed by atoms with E-state index >= 15 is 0 Å². The summed E-state index contributed by atoms with van der Waals surface area (Å²) in [5, 5.41) is 10.9. The lowest BCUT2D eigenvalue weighted by atomic mass is 10.4. The molecule has 92 valence electrons. The Labute approximate surface area is 92.3 Å². The minimum atomic E-state index is -1.22. The quantitative estimate of drug-likeness (QED) is 0.448. The Morgan fingerprint density at radius 3 is 2.44 bits per heavy atom. The van der Waals surface area contributed by atoms with Crippen LogP contribution in [0.4, 0.5) is 4.79 Å². The maximum absolute atomic E-state index is 11.4. The van der Waals surface area contributed by atoms with Gasteiger partial charge in [-0.2, -0.15) is 0 Å². The van der Waals surface area contributed by atoms with Crippen LogP contribution >= 0.6 is 0 Å². The fourth-order valence-corrected chi connectivity index (χ4v) is 0.923. The SMILES string of the molecule is COCCNC(=O)N(CC(N)=O)CC(=O)O. The molecule has 0 fully saturated rings. The number of aliphatic carboxylic acids is 1. The van der Waals surface area contributed by atoms with Crippen LogP contribution in [0.15, 0.2) is 0 Å². The number of nitrogens with zero attached hydrogens (tertiary/aromatic N) is 1. The Hall–Kier alpha value is -1.83. The maximum atomic E-state index is 11.4. The first-order valence-electron chi connectivity index (χ1n) is 4.49. The van der Waals surface area contributed by atoms with Crippen LogP contribution in [-0.2, 0) is 14.3 Å². The van der Waals surface area contributed by atoms with Gasteiger partial charge in [0, 0.05) is 13.7 Å². The van der Waals surface area contributed by atoms with E-state index in [0.29, 0.717) is 6.61 Å².